The topological polar surface area (TPSA) is 23.5 Å². The molecule has 1 aliphatic carbocycles. The van der Waals surface area contributed by atoms with Gasteiger partial charge in [0.25, 0.3) is 0 Å². The van der Waals surface area contributed by atoms with Crippen LogP contribution in [0.5, 0.6) is 0 Å². The molecule has 0 radical (unpaired) electrons. The number of benzene rings is 1. The first-order valence-electron chi connectivity index (χ1n) is 7.43. The molecule has 2 rings (SSSR count). The first-order chi connectivity index (χ1) is 9.55. The van der Waals surface area contributed by atoms with E-state index in [2.05, 4.69) is 18.7 Å². The summed E-state index contributed by atoms with van der Waals surface area (Å²) in [4.78, 5) is 2.22. The van der Waals surface area contributed by atoms with Crippen LogP contribution in [0.15, 0.2) is 18.2 Å². The molecule has 1 aromatic carbocycles. The van der Waals surface area contributed by atoms with Gasteiger partial charge in [-0.1, -0.05) is 32.8 Å². The normalized spacial score (nSPS) is 19.5. The van der Waals surface area contributed by atoms with Crippen LogP contribution in [0.2, 0.25) is 0 Å². The predicted octanol–water partition coefficient (Wildman–Crippen LogP) is 3.65. The Labute approximate surface area is 119 Å². The molecule has 1 aromatic rings. The molecule has 0 aromatic heterocycles. The summed E-state index contributed by atoms with van der Waals surface area (Å²) in [7, 11) is 0. The van der Waals surface area contributed by atoms with Crippen molar-refractivity contribution in [1.82, 2.24) is 4.90 Å². The summed E-state index contributed by atoms with van der Waals surface area (Å²) in [6, 6.07) is 3.44. The van der Waals surface area contributed by atoms with Gasteiger partial charge in [0.05, 0.1) is 5.54 Å². The van der Waals surface area contributed by atoms with E-state index in [4.69, 9.17) is 0 Å². The van der Waals surface area contributed by atoms with E-state index in [-0.39, 0.29) is 5.56 Å². The van der Waals surface area contributed by atoms with Crippen LogP contribution < -0.4 is 0 Å². The zero-order valence-electron chi connectivity index (χ0n) is 12.2. The molecule has 2 nitrogen and oxygen atoms in total. The van der Waals surface area contributed by atoms with Gasteiger partial charge >= 0.3 is 0 Å². The second-order valence-corrected chi connectivity index (χ2v) is 5.55. The Kier molecular flexibility index (Phi) is 4.76. The lowest BCUT2D eigenvalue weighted by Crippen LogP contribution is -2.51. The zero-order chi connectivity index (χ0) is 14.8. The standard InChI is InChI=1S/C16H23F2NO/c1-3-19(4-2)16(9-5-6-10-16)15(20)13-8-7-12(17)11-14(13)18/h7-8,11,15,20H,3-6,9-10H2,1-2H3. The average Bonchev–Trinajstić information content (AvgIpc) is 2.90. The molecular weight excluding hydrogens is 260 g/mol. The van der Waals surface area contributed by atoms with E-state index in [1.54, 1.807) is 0 Å². The fourth-order valence-electron chi connectivity index (χ4n) is 3.62. The highest BCUT2D eigenvalue weighted by atomic mass is 19.1. The Morgan fingerprint density at radius 1 is 1.20 bits per heavy atom. The molecular formula is C16H23F2NO. The minimum absolute atomic E-state index is 0.209. The van der Waals surface area contributed by atoms with Crippen LogP contribution in [-0.4, -0.2) is 28.6 Å². The lowest BCUT2D eigenvalue weighted by atomic mass is 9.83. The molecule has 1 N–H and O–H groups in total. The first kappa shape index (κ1) is 15.4. The van der Waals surface area contributed by atoms with E-state index in [0.29, 0.717) is 0 Å². The number of nitrogens with zero attached hydrogens (tertiary/aromatic N) is 1. The molecule has 1 aliphatic rings. The van der Waals surface area contributed by atoms with Crippen LogP contribution in [0.4, 0.5) is 8.78 Å². The molecule has 1 atom stereocenters. The van der Waals surface area contributed by atoms with Gasteiger partial charge in [-0.3, -0.25) is 4.90 Å². The highest BCUT2D eigenvalue weighted by Crippen LogP contribution is 2.44. The van der Waals surface area contributed by atoms with Crippen LogP contribution in [0.25, 0.3) is 0 Å². The smallest absolute Gasteiger partial charge is 0.131 e. The molecule has 0 spiro atoms. The van der Waals surface area contributed by atoms with Gasteiger partial charge in [-0.2, -0.15) is 0 Å². The minimum atomic E-state index is -0.912. The molecule has 20 heavy (non-hydrogen) atoms. The summed E-state index contributed by atoms with van der Waals surface area (Å²) in [5.41, 5.74) is -0.206. The monoisotopic (exact) mass is 283 g/mol. The van der Waals surface area contributed by atoms with E-state index < -0.39 is 23.3 Å². The molecule has 1 fully saturated rings. The molecule has 4 heteroatoms. The number of hydrogen-bond donors (Lipinski definition) is 1. The fourth-order valence-corrected chi connectivity index (χ4v) is 3.62. The maximum Gasteiger partial charge on any atom is 0.131 e. The van der Waals surface area contributed by atoms with Crippen molar-refractivity contribution in [3.8, 4) is 0 Å². The Morgan fingerprint density at radius 3 is 2.30 bits per heavy atom. The molecule has 0 saturated heterocycles. The van der Waals surface area contributed by atoms with Crippen molar-refractivity contribution in [2.75, 3.05) is 13.1 Å². The van der Waals surface area contributed by atoms with Crippen molar-refractivity contribution in [2.45, 2.75) is 51.2 Å². The van der Waals surface area contributed by atoms with E-state index in [0.717, 1.165) is 44.8 Å². The third-order valence-corrected chi connectivity index (χ3v) is 4.63. The highest BCUT2D eigenvalue weighted by molar-refractivity contribution is 5.25. The minimum Gasteiger partial charge on any atom is -0.386 e. The maximum atomic E-state index is 14.0. The fraction of sp³-hybridized carbons (Fsp3) is 0.625. The van der Waals surface area contributed by atoms with Crippen molar-refractivity contribution in [1.29, 1.82) is 0 Å². The summed E-state index contributed by atoms with van der Waals surface area (Å²) in [5, 5.41) is 10.8. The van der Waals surface area contributed by atoms with Crippen LogP contribution in [-0.2, 0) is 0 Å². The van der Waals surface area contributed by atoms with Crippen LogP contribution in [0.3, 0.4) is 0 Å². The maximum absolute atomic E-state index is 14.0. The van der Waals surface area contributed by atoms with Crippen molar-refractivity contribution in [3.63, 3.8) is 0 Å². The number of hydrogen-bond acceptors (Lipinski definition) is 2. The largest absolute Gasteiger partial charge is 0.386 e. The van der Waals surface area contributed by atoms with E-state index in [1.165, 1.54) is 12.1 Å². The van der Waals surface area contributed by atoms with Crippen molar-refractivity contribution < 1.29 is 13.9 Å². The molecule has 0 aliphatic heterocycles. The van der Waals surface area contributed by atoms with Gasteiger partial charge in [0.1, 0.15) is 17.7 Å². The lowest BCUT2D eigenvalue weighted by Gasteiger charge is -2.44. The van der Waals surface area contributed by atoms with E-state index in [9.17, 15) is 13.9 Å². The van der Waals surface area contributed by atoms with Gasteiger partial charge in [-0.15, -0.1) is 0 Å². The zero-order valence-corrected chi connectivity index (χ0v) is 12.2. The SMILES string of the molecule is CCN(CC)C1(C(O)c2ccc(F)cc2F)CCCC1. The Balaban J connectivity index is 2.38. The van der Waals surface area contributed by atoms with E-state index in [1.807, 2.05) is 0 Å². The highest BCUT2D eigenvalue weighted by Gasteiger charge is 2.45. The lowest BCUT2D eigenvalue weighted by molar-refractivity contribution is -0.0286. The van der Waals surface area contributed by atoms with Crippen molar-refractivity contribution in [3.05, 3.63) is 35.4 Å². The number of aliphatic hydroxyl groups excluding tert-OH is 1. The van der Waals surface area contributed by atoms with Gasteiger partial charge in [0, 0.05) is 11.6 Å². The van der Waals surface area contributed by atoms with Gasteiger partial charge < -0.3 is 5.11 Å². The Bertz CT molecular complexity index is 454. The van der Waals surface area contributed by atoms with Crippen molar-refractivity contribution in [2.24, 2.45) is 0 Å². The molecule has 0 heterocycles. The summed E-state index contributed by atoms with van der Waals surface area (Å²) >= 11 is 0. The number of halogens is 2. The second kappa shape index (κ2) is 6.19. The summed E-state index contributed by atoms with van der Waals surface area (Å²) < 4.78 is 27.0. The summed E-state index contributed by atoms with van der Waals surface area (Å²) in [6.45, 7) is 5.74. The second-order valence-electron chi connectivity index (χ2n) is 5.55. The van der Waals surface area contributed by atoms with Crippen LogP contribution >= 0.6 is 0 Å². The number of rotatable bonds is 5. The molecule has 1 unspecified atom stereocenters. The summed E-state index contributed by atoms with van der Waals surface area (Å²) in [5.74, 6) is -1.27. The average molecular weight is 283 g/mol. The van der Waals surface area contributed by atoms with Gasteiger partial charge in [-0.05, 0) is 32.0 Å². The van der Waals surface area contributed by atoms with E-state index >= 15 is 0 Å². The van der Waals surface area contributed by atoms with Gasteiger partial charge in [-0.25, -0.2) is 8.78 Å². The molecule has 0 amide bonds. The van der Waals surface area contributed by atoms with Crippen LogP contribution in [0, 0.1) is 11.6 Å². The first-order valence-corrected chi connectivity index (χ1v) is 7.43. The van der Waals surface area contributed by atoms with Gasteiger partial charge in [0.2, 0.25) is 0 Å². The Morgan fingerprint density at radius 2 is 1.80 bits per heavy atom. The third-order valence-electron chi connectivity index (χ3n) is 4.63. The van der Waals surface area contributed by atoms with Gasteiger partial charge in [0.15, 0.2) is 0 Å². The predicted molar refractivity (Wildman–Crippen MR) is 75.4 cm³/mol. The molecule has 112 valence electrons. The number of likely N-dealkylation sites (N-methyl/N-ethyl adjacent to an activating group) is 1. The third kappa shape index (κ3) is 2.59. The Hall–Kier alpha value is -1.00. The quantitative estimate of drug-likeness (QED) is 0.891. The number of aliphatic hydroxyl groups is 1. The summed E-state index contributed by atoms with van der Waals surface area (Å²) in [6.07, 6.45) is 2.87. The molecule has 1 saturated carbocycles. The van der Waals surface area contributed by atoms with Crippen molar-refractivity contribution >= 4 is 0 Å². The van der Waals surface area contributed by atoms with Crippen LogP contribution in [0.1, 0.15) is 51.2 Å². The molecule has 0 bridgehead atoms.